The summed E-state index contributed by atoms with van der Waals surface area (Å²) in [4.78, 5) is 4.41. The van der Waals surface area contributed by atoms with Crippen LogP contribution in [-0.4, -0.2) is 15.7 Å². The zero-order valence-corrected chi connectivity index (χ0v) is 13.9. The molecule has 0 spiro atoms. The van der Waals surface area contributed by atoms with E-state index in [-0.39, 0.29) is 10.8 Å². The van der Waals surface area contributed by atoms with E-state index in [9.17, 15) is 5.11 Å². The van der Waals surface area contributed by atoms with Gasteiger partial charge in [0.1, 0.15) is 0 Å². The monoisotopic (exact) mass is 325 g/mol. The van der Waals surface area contributed by atoms with Crippen molar-refractivity contribution in [1.82, 2.24) is 4.98 Å². The fourth-order valence-electron chi connectivity index (χ4n) is 4.24. The molecule has 0 aromatic carbocycles. The minimum atomic E-state index is -0.633. The van der Waals surface area contributed by atoms with Crippen LogP contribution in [0.1, 0.15) is 52.7 Å². The van der Waals surface area contributed by atoms with Crippen LogP contribution >= 0.6 is 15.9 Å². The Morgan fingerprint density at radius 2 is 1.68 bits per heavy atom. The Kier molecular flexibility index (Phi) is 3.83. The van der Waals surface area contributed by atoms with Gasteiger partial charge in [-0.1, -0.05) is 27.7 Å². The van der Waals surface area contributed by atoms with Crippen LogP contribution in [0.5, 0.6) is 0 Å². The quantitative estimate of drug-likeness (QED) is 0.876. The summed E-state index contributed by atoms with van der Waals surface area (Å²) in [7, 11) is 0. The normalized spacial score (nSPS) is 24.1. The molecule has 1 N–H and O–H groups in total. The van der Waals surface area contributed by atoms with Crippen LogP contribution in [0.3, 0.4) is 0 Å². The van der Waals surface area contributed by atoms with Crippen molar-refractivity contribution < 1.29 is 5.11 Å². The number of rotatable bonds is 2. The van der Waals surface area contributed by atoms with Crippen LogP contribution in [0.2, 0.25) is 0 Å². The second-order valence-electron chi connectivity index (χ2n) is 7.73. The Morgan fingerprint density at radius 3 is 2.16 bits per heavy atom. The number of aromatic nitrogens is 1. The summed E-state index contributed by atoms with van der Waals surface area (Å²) in [5.74, 6) is 0. The summed E-state index contributed by atoms with van der Waals surface area (Å²) < 4.78 is 0.979. The van der Waals surface area contributed by atoms with Crippen molar-refractivity contribution in [2.45, 2.75) is 59.0 Å². The predicted octanol–water partition coefficient (Wildman–Crippen LogP) is 4.35. The third-order valence-corrected chi connectivity index (χ3v) is 4.34. The fourth-order valence-corrected chi connectivity index (χ4v) is 4.47. The van der Waals surface area contributed by atoms with Gasteiger partial charge in [-0.3, -0.25) is 4.98 Å². The zero-order valence-electron chi connectivity index (χ0n) is 12.3. The predicted molar refractivity (Wildman–Crippen MR) is 82.0 cm³/mol. The molecule has 1 aromatic heterocycles. The number of pyridine rings is 1. The maximum absolute atomic E-state index is 11.0. The number of nitrogens with zero attached hydrogens (tertiary/aromatic N) is 1. The average molecular weight is 326 g/mol. The van der Waals surface area contributed by atoms with Crippen molar-refractivity contribution >= 4 is 15.9 Å². The standard InChI is InChI=1S/C16H24BrNO/c1-14(2)9-15(3,4)11-16(19,10-14)7-13-6-5-12(17)8-18-13/h5-6,8,19H,7,9-11H2,1-4H3. The highest BCUT2D eigenvalue weighted by molar-refractivity contribution is 9.10. The van der Waals surface area contributed by atoms with Crippen LogP contribution in [0.15, 0.2) is 22.8 Å². The lowest BCUT2D eigenvalue weighted by Gasteiger charge is -2.49. The van der Waals surface area contributed by atoms with Crippen molar-refractivity contribution in [3.8, 4) is 0 Å². The van der Waals surface area contributed by atoms with E-state index in [2.05, 4.69) is 48.6 Å². The second kappa shape index (κ2) is 4.85. The molecule has 106 valence electrons. The van der Waals surface area contributed by atoms with Gasteiger partial charge in [-0.05, 0) is 58.2 Å². The largest absolute Gasteiger partial charge is 0.389 e. The molecule has 1 aliphatic rings. The maximum Gasteiger partial charge on any atom is 0.0713 e. The molecule has 0 aliphatic heterocycles. The Morgan fingerprint density at radius 1 is 1.11 bits per heavy atom. The molecule has 1 aromatic rings. The molecule has 19 heavy (non-hydrogen) atoms. The molecule has 2 rings (SSSR count). The number of aliphatic hydroxyl groups is 1. The summed E-state index contributed by atoms with van der Waals surface area (Å²) in [6, 6.07) is 3.99. The molecular formula is C16H24BrNO. The zero-order chi connectivity index (χ0) is 14.3. The van der Waals surface area contributed by atoms with E-state index in [1.807, 2.05) is 12.1 Å². The molecule has 0 unspecified atom stereocenters. The first-order valence-corrected chi connectivity index (χ1v) is 7.72. The highest BCUT2D eigenvalue weighted by atomic mass is 79.9. The average Bonchev–Trinajstić information content (AvgIpc) is 2.15. The van der Waals surface area contributed by atoms with Gasteiger partial charge in [0, 0.05) is 22.8 Å². The Bertz CT molecular complexity index is 434. The summed E-state index contributed by atoms with van der Waals surface area (Å²) in [5.41, 5.74) is 0.711. The van der Waals surface area contributed by atoms with Crippen LogP contribution in [0.25, 0.3) is 0 Å². The Balaban J connectivity index is 2.19. The van der Waals surface area contributed by atoms with Crippen molar-refractivity contribution in [2.24, 2.45) is 10.8 Å². The molecule has 0 amide bonds. The summed E-state index contributed by atoms with van der Waals surface area (Å²) in [6.07, 6.45) is 5.31. The summed E-state index contributed by atoms with van der Waals surface area (Å²) >= 11 is 3.40. The van der Waals surface area contributed by atoms with Crippen LogP contribution in [0, 0.1) is 10.8 Å². The molecule has 0 saturated heterocycles. The minimum Gasteiger partial charge on any atom is -0.389 e. The lowest BCUT2D eigenvalue weighted by atomic mass is 9.59. The molecule has 1 heterocycles. The molecule has 1 saturated carbocycles. The van der Waals surface area contributed by atoms with Gasteiger partial charge in [0.15, 0.2) is 0 Å². The topological polar surface area (TPSA) is 33.1 Å². The Labute approximate surface area is 124 Å². The molecule has 0 atom stereocenters. The fraction of sp³-hybridized carbons (Fsp3) is 0.688. The van der Waals surface area contributed by atoms with Crippen molar-refractivity contribution in [3.63, 3.8) is 0 Å². The van der Waals surface area contributed by atoms with Crippen LogP contribution in [0.4, 0.5) is 0 Å². The van der Waals surface area contributed by atoms with Gasteiger partial charge in [-0.25, -0.2) is 0 Å². The van der Waals surface area contributed by atoms with Gasteiger partial charge in [-0.2, -0.15) is 0 Å². The van der Waals surface area contributed by atoms with Gasteiger partial charge < -0.3 is 5.11 Å². The molecule has 0 radical (unpaired) electrons. The van der Waals surface area contributed by atoms with E-state index in [4.69, 9.17) is 0 Å². The third-order valence-electron chi connectivity index (χ3n) is 3.87. The molecule has 3 heteroatoms. The molecule has 2 nitrogen and oxygen atoms in total. The van der Waals surface area contributed by atoms with Gasteiger partial charge in [0.2, 0.25) is 0 Å². The molecule has 1 aliphatic carbocycles. The van der Waals surface area contributed by atoms with E-state index in [1.54, 1.807) is 6.20 Å². The van der Waals surface area contributed by atoms with Crippen molar-refractivity contribution in [1.29, 1.82) is 0 Å². The maximum atomic E-state index is 11.0. The van der Waals surface area contributed by atoms with Gasteiger partial charge in [0.25, 0.3) is 0 Å². The van der Waals surface area contributed by atoms with Gasteiger partial charge in [-0.15, -0.1) is 0 Å². The first-order valence-electron chi connectivity index (χ1n) is 6.92. The summed E-state index contributed by atoms with van der Waals surface area (Å²) in [6.45, 7) is 9.03. The lowest BCUT2D eigenvalue weighted by Crippen LogP contribution is -2.47. The van der Waals surface area contributed by atoms with E-state index in [1.165, 1.54) is 0 Å². The Hall–Kier alpha value is -0.410. The minimum absolute atomic E-state index is 0.186. The third kappa shape index (κ3) is 4.03. The van der Waals surface area contributed by atoms with E-state index >= 15 is 0 Å². The van der Waals surface area contributed by atoms with E-state index in [0.717, 1.165) is 29.4 Å². The first kappa shape index (κ1) is 15.0. The van der Waals surface area contributed by atoms with Crippen molar-refractivity contribution in [3.05, 3.63) is 28.5 Å². The van der Waals surface area contributed by atoms with Crippen molar-refractivity contribution in [2.75, 3.05) is 0 Å². The number of halogens is 1. The van der Waals surface area contributed by atoms with E-state index in [0.29, 0.717) is 6.42 Å². The number of hydrogen-bond donors (Lipinski definition) is 1. The van der Waals surface area contributed by atoms with Crippen LogP contribution in [-0.2, 0) is 6.42 Å². The molecular weight excluding hydrogens is 302 g/mol. The number of hydrogen-bond acceptors (Lipinski definition) is 2. The molecule has 0 bridgehead atoms. The highest BCUT2D eigenvalue weighted by Gasteiger charge is 2.46. The SMILES string of the molecule is CC1(C)CC(C)(C)CC(O)(Cc2ccc(Br)cn2)C1. The van der Waals surface area contributed by atoms with Crippen LogP contribution < -0.4 is 0 Å². The van der Waals surface area contributed by atoms with Gasteiger partial charge >= 0.3 is 0 Å². The first-order chi connectivity index (χ1) is 8.59. The van der Waals surface area contributed by atoms with Gasteiger partial charge in [0.05, 0.1) is 5.60 Å². The highest BCUT2D eigenvalue weighted by Crippen LogP contribution is 2.50. The lowest BCUT2D eigenvalue weighted by molar-refractivity contribution is -0.0855. The summed E-state index contributed by atoms with van der Waals surface area (Å²) in [5, 5.41) is 11.0. The molecule has 1 fully saturated rings. The smallest absolute Gasteiger partial charge is 0.0713 e. The van der Waals surface area contributed by atoms with E-state index < -0.39 is 5.60 Å². The second-order valence-corrected chi connectivity index (χ2v) is 8.64.